The van der Waals surface area contributed by atoms with E-state index in [9.17, 15) is 18.0 Å². The molecular formula is C23H26F3N7O2S. The number of benzene rings is 1. The lowest BCUT2D eigenvalue weighted by atomic mass is 10.2. The first-order valence-corrected chi connectivity index (χ1v) is 12.0. The Kier molecular flexibility index (Phi) is 8.93. The van der Waals surface area contributed by atoms with Gasteiger partial charge >= 0.3 is 6.18 Å². The second-order valence-corrected chi connectivity index (χ2v) is 8.54. The Morgan fingerprint density at radius 1 is 1.14 bits per heavy atom. The minimum absolute atomic E-state index is 0.0467. The van der Waals surface area contributed by atoms with Gasteiger partial charge in [-0.25, -0.2) is 9.97 Å². The van der Waals surface area contributed by atoms with Crippen molar-refractivity contribution in [3.8, 4) is 0 Å². The van der Waals surface area contributed by atoms with Crippen LogP contribution in [0, 0.1) is 0 Å². The number of alkyl halides is 3. The molecule has 0 radical (unpaired) electrons. The van der Waals surface area contributed by atoms with E-state index in [0.717, 1.165) is 6.20 Å². The lowest BCUT2D eigenvalue weighted by molar-refractivity contribution is -0.137. The molecular weight excluding hydrogens is 495 g/mol. The lowest BCUT2D eigenvalue weighted by Crippen LogP contribution is -2.29. The molecule has 3 aromatic rings. The highest BCUT2D eigenvalue weighted by Crippen LogP contribution is 2.34. The molecule has 0 aliphatic heterocycles. The average Bonchev–Trinajstić information content (AvgIpc) is 2.86. The Morgan fingerprint density at radius 2 is 1.86 bits per heavy atom. The molecule has 2 heterocycles. The first kappa shape index (κ1) is 27.0. The van der Waals surface area contributed by atoms with Gasteiger partial charge in [0.15, 0.2) is 0 Å². The second kappa shape index (κ2) is 11.9. The van der Waals surface area contributed by atoms with Crippen molar-refractivity contribution in [3.05, 3.63) is 65.5 Å². The van der Waals surface area contributed by atoms with Gasteiger partial charge < -0.3 is 24.9 Å². The third-order valence-corrected chi connectivity index (χ3v) is 5.87. The summed E-state index contributed by atoms with van der Waals surface area (Å²) < 4.78 is 42.7. The van der Waals surface area contributed by atoms with E-state index >= 15 is 0 Å². The van der Waals surface area contributed by atoms with Crippen molar-refractivity contribution >= 4 is 41.1 Å². The summed E-state index contributed by atoms with van der Waals surface area (Å²) in [6, 6.07) is 9.79. The predicted octanol–water partition coefficient (Wildman–Crippen LogP) is 4.02. The normalized spacial score (nSPS) is 11.2. The molecule has 9 nitrogen and oxygen atoms in total. The quantitative estimate of drug-likeness (QED) is 0.341. The Labute approximate surface area is 210 Å². The highest BCUT2D eigenvalue weighted by Gasteiger charge is 2.35. The van der Waals surface area contributed by atoms with Crippen LogP contribution in [0.4, 0.5) is 36.4 Å². The maximum atomic E-state index is 13.6. The summed E-state index contributed by atoms with van der Waals surface area (Å²) in [5.74, 6) is -0.0684. The summed E-state index contributed by atoms with van der Waals surface area (Å²) in [7, 11) is 3.39. The summed E-state index contributed by atoms with van der Waals surface area (Å²) in [6.07, 6.45) is -0.455. The van der Waals surface area contributed by atoms with Gasteiger partial charge in [-0.1, -0.05) is 18.0 Å². The van der Waals surface area contributed by atoms with Gasteiger partial charge in [-0.15, -0.1) is 0 Å². The maximum absolute atomic E-state index is 13.6. The Hall–Kier alpha value is -3.58. The zero-order valence-electron chi connectivity index (χ0n) is 19.9. The average molecular weight is 522 g/mol. The fourth-order valence-corrected chi connectivity index (χ4v) is 3.54. The third-order valence-electron chi connectivity index (χ3n) is 5.15. The van der Waals surface area contributed by atoms with E-state index < -0.39 is 11.7 Å². The van der Waals surface area contributed by atoms with Crippen LogP contribution < -0.4 is 14.9 Å². The van der Waals surface area contributed by atoms with Crippen LogP contribution in [-0.4, -0.2) is 64.4 Å². The Balaban J connectivity index is 1.81. The van der Waals surface area contributed by atoms with E-state index in [2.05, 4.69) is 25.6 Å². The fourth-order valence-electron chi connectivity index (χ4n) is 3.20. The number of rotatable bonds is 10. The lowest BCUT2D eigenvalue weighted by Gasteiger charge is -2.19. The van der Waals surface area contributed by atoms with Gasteiger partial charge in [0.05, 0.1) is 6.61 Å². The van der Waals surface area contributed by atoms with Crippen LogP contribution >= 0.6 is 11.9 Å². The predicted molar refractivity (Wildman–Crippen MR) is 134 cm³/mol. The number of carbonyl (C=O) groups excluding carboxylic acids is 1. The number of nitrogens with zero attached hydrogens (tertiary/aromatic N) is 5. The SMILES string of the molecule is CSN(C)c1ncccc1CNc1nc(Nc2ccc(C(=O)N(C)CCO)cc2)ncc1C(F)(F)F. The first-order valence-electron chi connectivity index (χ1n) is 10.8. The molecule has 0 bridgehead atoms. The minimum Gasteiger partial charge on any atom is -0.395 e. The number of carbonyl (C=O) groups is 1. The van der Waals surface area contributed by atoms with E-state index in [1.54, 1.807) is 49.6 Å². The number of likely N-dealkylation sites (N-methyl/N-ethyl adjacent to an activating group) is 1. The molecule has 0 aliphatic rings. The van der Waals surface area contributed by atoms with Crippen LogP contribution in [0.1, 0.15) is 21.5 Å². The molecule has 0 unspecified atom stereocenters. The maximum Gasteiger partial charge on any atom is 0.421 e. The zero-order chi connectivity index (χ0) is 26.3. The molecule has 0 spiro atoms. The van der Waals surface area contributed by atoms with Gasteiger partial charge in [0.2, 0.25) is 5.95 Å². The number of aliphatic hydroxyl groups is 1. The molecule has 13 heteroatoms. The van der Waals surface area contributed by atoms with Crippen LogP contribution in [0.5, 0.6) is 0 Å². The highest BCUT2D eigenvalue weighted by molar-refractivity contribution is 7.99. The van der Waals surface area contributed by atoms with Crippen molar-refractivity contribution in [1.29, 1.82) is 0 Å². The minimum atomic E-state index is -4.66. The van der Waals surface area contributed by atoms with Crippen LogP contribution in [-0.2, 0) is 12.7 Å². The molecule has 0 atom stereocenters. The van der Waals surface area contributed by atoms with Gasteiger partial charge in [0.1, 0.15) is 17.2 Å². The summed E-state index contributed by atoms with van der Waals surface area (Å²) in [4.78, 5) is 25.9. The van der Waals surface area contributed by atoms with Crippen LogP contribution in [0.25, 0.3) is 0 Å². The van der Waals surface area contributed by atoms with E-state index in [1.165, 1.54) is 16.8 Å². The second-order valence-electron chi connectivity index (χ2n) is 7.63. The number of pyridine rings is 1. The summed E-state index contributed by atoms with van der Waals surface area (Å²) in [6.45, 7) is 0.105. The molecule has 0 aliphatic carbocycles. The molecule has 1 amide bonds. The zero-order valence-corrected chi connectivity index (χ0v) is 20.7. The molecule has 3 rings (SSSR count). The van der Waals surface area contributed by atoms with Crippen molar-refractivity contribution in [2.45, 2.75) is 12.7 Å². The monoisotopic (exact) mass is 521 g/mol. The number of hydrogen-bond acceptors (Lipinski definition) is 9. The number of amides is 1. The molecule has 192 valence electrons. The highest BCUT2D eigenvalue weighted by atomic mass is 32.2. The van der Waals surface area contributed by atoms with Crippen LogP contribution in [0.2, 0.25) is 0 Å². The van der Waals surface area contributed by atoms with Gasteiger partial charge in [-0.2, -0.15) is 18.2 Å². The molecule has 0 saturated carbocycles. The number of halogens is 3. The summed E-state index contributed by atoms with van der Waals surface area (Å²) in [5.41, 5.74) is 0.583. The number of hydrogen-bond donors (Lipinski definition) is 3. The van der Waals surface area contributed by atoms with E-state index in [1.807, 2.05) is 17.6 Å². The largest absolute Gasteiger partial charge is 0.421 e. The number of nitrogens with one attached hydrogen (secondary N) is 2. The summed E-state index contributed by atoms with van der Waals surface area (Å²) in [5, 5.41) is 14.6. The van der Waals surface area contributed by atoms with Crippen molar-refractivity contribution in [3.63, 3.8) is 0 Å². The molecule has 36 heavy (non-hydrogen) atoms. The van der Waals surface area contributed by atoms with Crippen molar-refractivity contribution in [1.82, 2.24) is 19.9 Å². The smallest absolute Gasteiger partial charge is 0.395 e. The van der Waals surface area contributed by atoms with Crippen LogP contribution in [0.3, 0.4) is 0 Å². The fraction of sp³-hybridized carbons (Fsp3) is 0.304. The van der Waals surface area contributed by atoms with Gasteiger partial charge in [0, 0.05) is 62.6 Å². The molecule has 0 fully saturated rings. The standard InChI is InChI=1S/C23H26F3N7O2S/c1-32(11-12-34)21(35)15-6-8-17(9-7-15)30-22-29-14-18(23(24,25)26)19(31-22)28-13-16-5-4-10-27-20(16)33(2)36-3/h4-10,14,34H,11-13H2,1-3H3,(H2,28,29,30,31). The van der Waals surface area contributed by atoms with Crippen molar-refractivity contribution in [2.24, 2.45) is 0 Å². The van der Waals surface area contributed by atoms with Gasteiger partial charge in [0.25, 0.3) is 5.91 Å². The Bertz CT molecular complexity index is 1180. The van der Waals surface area contributed by atoms with E-state index in [-0.39, 0.29) is 37.4 Å². The number of aromatic nitrogens is 3. The Morgan fingerprint density at radius 3 is 2.50 bits per heavy atom. The first-order chi connectivity index (χ1) is 17.1. The topological polar surface area (TPSA) is 107 Å². The van der Waals surface area contributed by atoms with Crippen LogP contribution in [0.15, 0.2) is 48.8 Å². The molecule has 3 N–H and O–H groups in total. The number of anilines is 4. The number of aliphatic hydroxyl groups excluding tert-OH is 1. The summed E-state index contributed by atoms with van der Waals surface area (Å²) >= 11 is 1.42. The van der Waals surface area contributed by atoms with Gasteiger partial charge in [-0.05, 0) is 30.3 Å². The molecule has 1 aromatic carbocycles. The van der Waals surface area contributed by atoms with E-state index in [4.69, 9.17) is 5.11 Å². The third kappa shape index (κ3) is 6.76. The van der Waals surface area contributed by atoms with Gasteiger partial charge in [-0.3, -0.25) is 4.79 Å². The van der Waals surface area contributed by atoms with E-state index in [0.29, 0.717) is 22.6 Å². The van der Waals surface area contributed by atoms with Crippen molar-refractivity contribution < 1.29 is 23.1 Å². The molecule has 0 saturated heterocycles. The van der Waals surface area contributed by atoms with Crippen molar-refractivity contribution in [2.75, 3.05) is 48.4 Å². The molecule has 2 aromatic heterocycles.